The molecule has 2 heterocycles. The quantitative estimate of drug-likeness (QED) is 0.489. The Labute approximate surface area is 155 Å². The number of aryl methyl sites for hydroxylation is 2. The molecule has 5 heteroatoms. The Morgan fingerprint density at radius 1 is 1.04 bits per heavy atom. The molecule has 0 fully saturated rings. The highest BCUT2D eigenvalue weighted by atomic mass is 32.1. The topological polar surface area (TPSA) is 47.6 Å². The minimum absolute atomic E-state index is 0.745. The summed E-state index contributed by atoms with van der Waals surface area (Å²) in [6, 6.07) is 17.7. The summed E-state index contributed by atoms with van der Waals surface area (Å²) < 4.78 is 11.5. The highest BCUT2D eigenvalue weighted by Gasteiger charge is 2.09. The summed E-state index contributed by atoms with van der Waals surface area (Å²) in [4.78, 5) is 10.5. The molecule has 0 radical (unpaired) electrons. The Morgan fingerprint density at radius 3 is 2.54 bits per heavy atom. The van der Waals surface area contributed by atoms with Crippen molar-refractivity contribution in [3.8, 4) is 17.1 Å². The van der Waals surface area contributed by atoms with Crippen LogP contribution in [0.5, 0.6) is 5.75 Å². The fourth-order valence-electron chi connectivity index (χ4n) is 2.72. The maximum absolute atomic E-state index is 6.12. The van der Waals surface area contributed by atoms with Gasteiger partial charge in [-0.15, -0.1) is 0 Å². The van der Waals surface area contributed by atoms with Crippen LogP contribution in [0.15, 0.2) is 64.0 Å². The molecule has 2 aromatic heterocycles. The molecule has 130 valence electrons. The van der Waals surface area contributed by atoms with E-state index in [0.29, 0.717) is 0 Å². The maximum Gasteiger partial charge on any atom is 0.210 e. The summed E-state index contributed by atoms with van der Waals surface area (Å²) >= 11 is 1.59. The summed E-state index contributed by atoms with van der Waals surface area (Å²) in [6.45, 7) is 4.06. The third-order valence-electron chi connectivity index (χ3n) is 4.24. The third kappa shape index (κ3) is 3.13. The molecule has 0 saturated heterocycles. The molecule has 0 aliphatic heterocycles. The van der Waals surface area contributed by atoms with E-state index in [1.54, 1.807) is 18.4 Å². The van der Waals surface area contributed by atoms with Crippen molar-refractivity contribution in [1.29, 1.82) is 0 Å². The van der Waals surface area contributed by atoms with Crippen LogP contribution in [-0.2, 0) is 0 Å². The number of methoxy groups -OCH3 is 1. The highest BCUT2D eigenvalue weighted by molar-refractivity contribution is 7.15. The van der Waals surface area contributed by atoms with Gasteiger partial charge in [-0.2, -0.15) is 0 Å². The number of aromatic nitrogens is 1. The average Bonchev–Trinajstić information content (AvgIpc) is 2.99. The molecule has 0 aliphatic rings. The first kappa shape index (κ1) is 16.5. The largest absolute Gasteiger partial charge is 0.497 e. The summed E-state index contributed by atoms with van der Waals surface area (Å²) in [7, 11) is 1.65. The van der Waals surface area contributed by atoms with E-state index in [2.05, 4.69) is 11.9 Å². The Hall–Kier alpha value is -2.92. The molecule has 0 spiro atoms. The van der Waals surface area contributed by atoms with Crippen LogP contribution in [0.1, 0.15) is 10.6 Å². The van der Waals surface area contributed by atoms with Gasteiger partial charge < -0.3 is 9.15 Å². The van der Waals surface area contributed by atoms with Crippen molar-refractivity contribution in [3.63, 3.8) is 0 Å². The van der Waals surface area contributed by atoms with Gasteiger partial charge in [0.05, 0.1) is 18.2 Å². The van der Waals surface area contributed by atoms with Gasteiger partial charge in [0.15, 0.2) is 0 Å². The van der Waals surface area contributed by atoms with Gasteiger partial charge in [-0.25, -0.2) is 9.98 Å². The molecule has 0 aliphatic carbocycles. The van der Waals surface area contributed by atoms with Gasteiger partial charge in [0.1, 0.15) is 17.1 Å². The molecule has 2 aromatic carbocycles. The molecule has 4 rings (SSSR count). The molecule has 4 nitrogen and oxygen atoms in total. The van der Waals surface area contributed by atoms with Gasteiger partial charge in [-0.1, -0.05) is 41.7 Å². The van der Waals surface area contributed by atoms with E-state index in [4.69, 9.17) is 14.1 Å². The molecule has 0 amide bonds. The van der Waals surface area contributed by atoms with Gasteiger partial charge in [0.2, 0.25) is 5.13 Å². The number of nitrogens with zero attached hydrogens (tertiary/aromatic N) is 2. The second-order valence-corrected chi connectivity index (χ2v) is 7.16. The molecular formula is C21H18N2O2S. The van der Waals surface area contributed by atoms with Crippen molar-refractivity contribution < 1.29 is 9.15 Å². The molecule has 0 bridgehead atoms. The lowest BCUT2D eigenvalue weighted by Crippen LogP contribution is -2.03. The van der Waals surface area contributed by atoms with E-state index in [1.807, 2.05) is 61.5 Å². The number of hydrogen-bond donors (Lipinski definition) is 0. The van der Waals surface area contributed by atoms with E-state index in [0.717, 1.165) is 44.2 Å². The fraction of sp³-hybridized carbons (Fsp3) is 0.143. The third-order valence-corrected chi connectivity index (χ3v) is 5.21. The Bertz CT molecular complexity index is 1120. The molecule has 26 heavy (non-hydrogen) atoms. The molecule has 0 unspecified atom stereocenters. The van der Waals surface area contributed by atoms with E-state index < -0.39 is 0 Å². The first-order chi connectivity index (χ1) is 12.6. The number of hydrogen-bond acceptors (Lipinski definition) is 5. The lowest BCUT2D eigenvalue weighted by Gasteiger charge is -2.06. The Balaban J connectivity index is 2.01. The zero-order chi connectivity index (χ0) is 18.1. The molecule has 4 aromatic rings. The van der Waals surface area contributed by atoms with Crippen molar-refractivity contribution in [2.75, 3.05) is 7.11 Å². The number of thiazole rings is 1. The first-order valence-electron chi connectivity index (χ1n) is 8.30. The normalized spacial score (nSPS) is 11.9. The van der Waals surface area contributed by atoms with Crippen molar-refractivity contribution >= 4 is 27.4 Å². The van der Waals surface area contributed by atoms with Crippen LogP contribution in [-0.4, -0.2) is 12.1 Å². The monoisotopic (exact) mass is 362 g/mol. The van der Waals surface area contributed by atoms with Gasteiger partial charge in [0.25, 0.3) is 0 Å². The summed E-state index contributed by atoms with van der Waals surface area (Å²) in [5, 5.41) is 2.46. The Kier molecular flexibility index (Phi) is 4.31. The Morgan fingerprint density at radius 2 is 1.85 bits per heavy atom. The number of benzene rings is 2. The second-order valence-electron chi connectivity index (χ2n) is 5.97. The maximum atomic E-state index is 6.12. The lowest BCUT2D eigenvalue weighted by molar-refractivity contribution is 0.415. The van der Waals surface area contributed by atoms with E-state index in [9.17, 15) is 0 Å². The van der Waals surface area contributed by atoms with Crippen LogP contribution in [0.2, 0.25) is 0 Å². The standard InChI is InChI=1S/C21H18N2O2S/c1-13-14(2)26-21(22-13)23-18-12-20(15-7-5-4-6-8-15)25-19-10-9-16(24-3)11-17(18)19/h4-12H,1-3H3. The number of ether oxygens (including phenoxy) is 1. The van der Waals surface area contributed by atoms with E-state index >= 15 is 0 Å². The van der Waals surface area contributed by atoms with Gasteiger partial charge in [-0.05, 0) is 32.0 Å². The average molecular weight is 362 g/mol. The van der Waals surface area contributed by atoms with Crippen LogP contribution in [0.3, 0.4) is 0 Å². The van der Waals surface area contributed by atoms with Gasteiger partial charge in [0, 0.05) is 21.9 Å². The summed E-state index contributed by atoms with van der Waals surface area (Å²) in [5.74, 6) is 1.54. The van der Waals surface area contributed by atoms with Crippen LogP contribution >= 0.6 is 11.3 Å². The minimum atomic E-state index is 0.745. The molecule has 0 N–H and O–H groups in total. The highest BCUT2D eigenvalue weighted by Crippen LogP contribution is 2.27. The smallest absolute Gasteiger partial charge is 0.210 e. The number of rotatable bonds is 3. The van der Waals surface area contributed by atoms with Gasteiger partial charge in [-0.3, -0.25) is 0 Å². The molecular weight excluding hydrogens is 344 g/mol. The summed E-state index contributed by atoms with van der Waals surface area (Å²) in [6.07, 6.45) is 0. The van der Waals surface area contributed by atoms with Crippen LogP contribution < -0.4 is 10.1 Å². The van der Waals surface area contributed by atoms with Crippen LogP contribution in [0, 0.1) is 13.8 Å². The molecule has 0 atom stereocenters. The fourth-order valence-corrected chi connectivity index (χ4v) is 3.51. The SMILES string of the molecule is COc1ccc2oc(-c3ccccc3)cc(=Nc3nc(C)c(C)s3)c2c1. The second kappa shape index (κ2) is 6.77. The first-order valence-corrected chi connectivity index (χ1v) is 9.12. The molecule has 0 saturated carbocycles. The number of fused-ring (bicyclic) bond motifs is 1. The predicted molar refractivity (Wildman–Crippen MR) is 105 cm³/mol. The van der Waals surface area contributed by atoms with Crippen LogP contribution in [0.25, 0.3) is 22.3 Å². The van der Waals surface area contributed by atoms with E-state index in [-0.39, 0.29) is 0 Å². The van der Waals surface area contributed by atoms with Crippen molar-refractivity contribution in [3.05, 3.63) is 70.5 Å². The van der Waals surface area contributed by atoms with Crippen molar-refractivity contribution in [2.24, 2.45) is 4.99 Å². The minimum Gasteiger partial charge on any atom is -0.497 e. The van der Waals surface area contributed by atoms with E-state index in [1.165, 1.54) is 4.88 Å². The summed E-state index contributed by atoms with van der Waals surface area (Å²) in [5.41, 5.74) is 2.78. The zero-order valence-corrected chi connectivity index (χ0v) is 15.6. The van der Waals surface area contributed by atoms with Gasteiger partial charge >= 0.3 is 0 Å². The zero-order valence-electron chi connectivity index (χ0n) is 14.8. The predicted octanol–water partition coefficient (Wildman–Crippen LogP) is 5.41. The van der Waals surface area contributed by atoms with Crippen molar-refractivity contribution in [2.45, 2.75) is 13.8 Å². The lowest BCUT2D eigenvalue weighted by atomic mass is 10.1. The van der Waals surface area contributed by atoms with Crippen LogP contribution in [0.4, 0.5) is 5.13 Å². The van der Waals surface area contributed by atoms with Crippen molar-refractivity contribution in [1.82, 2.24) is 4.98 Å².